The molecule has 0 bridgehead atoms. The number of rotatable bonds is 7. The molecule has 2 aromatic carbocycles. The molecule has 1 saturated heterocycles. The fourth-order valence-corrected chi connectivity index (χ4v) is 4.05. The van der Waals surface area contributed by atoms with Gasteiger partial charge in [0.1, 0.15) is 0 Å². The second-order valence-electron chi connectivity index (χ2n) is 7.97. The summed E-state index contributed by atoms with van der Waals surface area (Å²) in [6.45, 7) is 6.83. The van der Waals surface area contributed by atoms with Crippen LogP contribution in [0.2, 0.25) is 0 Å². The number of aliphatic imine (C=N–C) groups is 1. The van der Waals surface area contributed by atoms with Crippen LogP contribution in [-0.4, -0.2) is 46.1 Å². The number of piperidine rings is 1. The fourth-order valence-electron chi connectivity index (χ4n) is 4.05. The van der Waals surface area contributed by atoms with Gasteiger partial charge in [0.2, 0.25) is 0 Å². The number of guanidine groups is 1. The topological polar surface area (TPSA) is 57.5 Å². The van der Waals surface area contributed by atoms with E-state index in [-0.39, 0.29) is 24.0 Å². The number of benzene rings is 2. The third-order valence-corrected chi connectivity index (χ3v) is 5.70. The third kappa shape index (κ3) is 6.80. The fraction of sp³-hybridized carbons (Fsp3) is 0.360. The third-order valence-electron chi connectivity index (χ3n) is 5.70. The molecule has 7 heteroatoms. The first-order valence-corrected chi connectivity index (χ1v) is 11.2. The zero-order valence-corrected chi connectivity index (χ0v) is 21.0. The molecule has 2 N–H and O–H groups in total. The van der Waals surface area contributed by atoms with Crippen LogP contribution in [0.15, 0.2) is 78.3 Å². The molecule has 0 atom stereocenters. The van der Waals surface area contributed by atoms with Gasteiger partial charge in [0, 0.05) is 44.6 Å². The molecular weight excluding hydrogens is 511 g/mol. The van der Waals surface area contributed by atoms with Gasteiger partial charge in [-0.3, -0.25) is 4.90 Å². The maximum atomic E-state index is 4.88. The van der Waals surface area contributed by atoms with Gasteiger partial charge in [0.25, 0.3) is 0 Å². The predicted octanol–water partition coefficient (Wildman–Crippen LogP) is 4.21. The Morgan fingerprint density at radius 2 is 1.81 bits per heavy atom. The Morgan fingerprint density at radius 1 is 1.06 bits per heavy atom. The van der Waals surface area contributed by atoms with Crippen LogP contribution in [0.25, 0.3) is 5.69 Å². The Morgan fingerprint density at radius 3 is 2.53 bits per heavy atom. The average Bonchev–Trinajstić information content (AvgIpc) is 3.35. The van der Waals surface area contributed by atoms with E-state index in [4.69, 9.17) is 4.99 Å². The van der Waals surface area contributed by atoms with Crippen LogP contribution < -0.4 is 10.6 Å². The van der Waals surface area contributed by atoms with E-state index in [1.54, 1.807) is 6.20 Å². The van der Waals surface area contributed by atoms with Gasteiger partial charge in [0.15, 0.2) is 5.96 Å². The zero-order chi connectivity index (χ0) is 21.3. The van der Waals surface area contributed by atoms with Gasteiger partial charge >= 0.3 is 0 Å². The lowest BCUT2D eigenvalue weighted by atomic mass is 10.0. The Bertz CT molecular complexity index is 950. The van der Waals surface area contributed by atoms with Crippen molar-refractivity contribution in [2.75, 3.05) is 19.6 Å². The number of imidazole rings is 1. The van der Waals surface area contributed by atoms with Crippen molar-refractivity contribution in [3.05, 3.63) is 84.4 Å². The Balaban J connectivity index is 0.00000289. The number of likely N-dealkylation sites (tertiary alicyclic amines) is 1. The highest BCUT2D eigenvalue weighted by atomic mass is 127. The second kappa shape index (κ2) is 12.6. The van der Waals surface area contributed by atoms with Crippen LogP contribution >= 0.6 is 24.0 Å². The van der Waals surface area contributed by atoms with Crippen molar-refractivity contribution in [3.63, 3.8) is 0 Å². The molecule has 4 rings (SSSR count). The van der Waals surface area contributed by atoms with Gasteiger partial charge in [-0.05, 0) is 37.0 Å². The number of halogens is 1. The molecule has 0 aliphatic carbocycles. The first-order chi connectivity index (χ1) is 15.3. The molecule has 6 nitrogen and oxygen atoms in total. The summed E-state index contributed by atoms with van der Waals surface area (Å²) in [5.74, 6) is 0.893. The molecule has 1 aliphatic rings. The monoisotopic (exact) mass is 544 g/mol. The van der Waals surface area contributed by atoms with Gasteiger partial charge < -0.3 is 15.2 Å². The van der Waals surface area contributed by atoms with E-state index in [9.17, 15) is 0 Å². The van der Waals surface area contributed by atoms with E-state index in [0.29, 0.717) is 12.6 Å². The number of hydrogen-bond donors (Lipinski definition) is 2. The molecule has 0 saturated carbocycles. The lowest BCUT2D eigenvalue weighted by Gasteiger charge is -2.33. The minimum absolute atomic E-state index is 0. The van der Waals surface area contributed by atoms with Crippen molar-refractivity contribution >= 4 is 29.9 Å². The van der Waals surface area contributed by atoms with Crippen molar-refractivity contribution in [2.24, 2.45) is 4.99 Å². The van der Waals surface area contributed by atoms with Gasteiger partial charge in [0.05, 0.1) is 18.6 Å². The Hall–Kier alpha value is -2.39. The molecule has 1 fully saturated rings. The number of aromatic nitrogens is 2. The molecule has 2 heterocycles. The summed E-state index contributed by atoms with van der Waals surface area (Å²) >= 11 is 0. The summed E-state index contributed by atoms with van der Waals surface area (Å²) in [6.07, 6.45) is 7.85. The number of hydrogen-bond acceptors (Lipinski definition) is 3. The standard InChI is InChI=1S/C25H32N6.HI/c1-2-27-25(28-18-22-10-6-7-11-24(22)31-17-14-26-20-31)29-23-12-15-30(16-13-23)19-21-8-4-3-5-9-21;/h3-11,14,17,20,23H,2,12-13,15-16,18-19H2,1H3,(H2,27,28,29);1H. The van der Waals surface area contributed by atoms with Crippen LogP contribution in [0.3, 0.4) is 0 Å². The van der Waals surface area contributed by atoms with E-state index in [1.807, 2.05) is 17.1 Å². The SMILES string of the molecule is CCNC(=NCc1ccccc1-n1ccnc1)NC1CCN(Cc2ccccc2)CC1.I. The summed E-state index contributed by atoms with van der Waals surface area (Å²) in [4.78, 5) is 11.6. The second-order valence-corrected chi connectivity index (χ2v) is 7.97. The minimum atomic E-state index is 0. The first-order valence-electron chi connectivity index (χ1n) is 11.2. The maximum absolute atomic E-state index is 4.88. The van der Waals surface area contributed by atoms with Crippen molar-refractivity contribution in [3.8, 4) is 5.69 Å². The summed E-state index contributed by atoms with van der Waals surface area (Å²) in [6, 6.07) is 19.5. The molecule has 0 unspecified atom stereocenters. The van der Waals surface area contributed by atoms with Crippen molar-refractivity contribution in [1.29, 1.82) is 0 Å². The van der Waals surface area contributed by atoms with Gasteiger partial charge in [-0.15, -0.1) is 24.0 Å². The molecule has 0 spiro atoms. The highest BCUT2D eigenvalue weighted by molar-refractivity contribution is 14.0. The largest absolute Gasteiger partial charge is 0.357 e. The van der Waals surface area contributed by atoms with Crippen LogP contribution in [0, 0.1) is 0 Å². The van der Waals surface area contributed by atoms with Crippen molar-refractivity contribution in [1.82, 2.24) is 25.1 Å². The van der Waals surface area contributed by atoms with Gasteiger partial charge in [-0.25, -0.2) is 9.98 Å². The van der Waals surface area contributed by atoms with E-state index in [1.165, 1.54) is 11.1 Å². The average molecular weight is 544 g/mol. The highest BCUT2D eigenvalue weighted by Crippen LogP contribution is 2.16. The van der Waals surface area contributed by atoms with E-state index in [0.717, 1.165) is 50.7 Å². The quantitative estimate of drug-likeness (QED) is 0.266. The number of nitrogens with one attached hydrogen (secondary N) is 2. The van der Waals surface area contributed by atoms with E-state index in [2.05, 4.69) is 82.0 Å². The van der Waals surface area contributed by atoms with Crippen LogP contribution in [-0.2, 0) is 13.1 Å². The van der Waals surface area contributed by atoms with E-state index < -0.39 is 0 Å². The zero-order valence-electron chi connectivity index (χ0n) is 18.7. The summed E-state index contributed by atoms with van der Waals surface area (Å²) < 4.78 is 2.04. The van der Waals surface area contributed by atoms with Gasteiger partial charge in [-0.2, -0.15) is 0 Å². The number of para-hydroxylation sites is 1. The Labute approximate surface area is 208 Å². The lowest BCUT2D eigenvalue weighted by Crippen LogP contribution is -2.48. The smallest absolute Gasteiger partial charge is 0.191 e. The van der Waals surface area contributed by atoms with Crippen molar-refractivity contribution in [2.45, 2.75) is 38.9 Å². The molecule has 0 radical (unpaired) electrons. The molecule has 32 heavy (non-hydrogen) atoms. The molecule has 0 amide bonds. The van der Waals surface area contributed by atoms with Crippen molar-refractivity contribution < 1.29 is 0 Å². The minimum Gasteiger partial charge on any atom is -0.357 e. The lowest BCUT2D eigenvalue weighted by molar-refractivity contribution is 0.198. The summed E-state index contributed by atoms with van der Waals surface area (Å²) in [5, 5.41) is 7.07. The van der Waals surface area contributed by atoms with Crippen LogP contribution in [0.4, 0.5) is 0 Å². The van der Waals surface area contributed by atoms with Crippen LogP contribution in [0.1, 0.15) is 30.9 Å². The highest BCUT2D eigenvalue weighted by Gasteiger charge is 2.20. The molecule has 170 valence electrons. The molecular formula is C25H33IN6. The summed E-state index contributed by atoms with van der Waals surface area (Å²) in [5.41, 5.74) is 3.68. The normalized spacial score (nSPS) is 15.2. The van der Waals surface area contributed by atoms with E-state index >= 15 is 0 Å². The summed E-state index contributed by atoms with van der Waals surface area (Å²) in [7, 11) is 0. The molecule has 3 aromatic rings. The maximum Gasteiger partial charge on any atom is 0.191 e. The number of nitrogens with zero attached hydrogens (tertiary/aromatic N) is 4. The van der Waals surface area contributed by atoms with Gasteiger partial charge in [-0.1, -0.05) is 48.5 Å². The predicted molar refractivity (Wildman–Crippen MR) is 142 cm³/mol. The molecule has 1 aromatic heterocycles. The molecule has 1 aliphatic heterocycles. The Kier molecular flexibility index (Phi) is 9.55. The first kappa shape index (κ1) is 24.3. The van der Waals surface area contributed by atoms with Crippen LogP contribution in [0.5, 0.6) is 0 Å².